The second-order valence-electron chi connectivity index (χ2n) is 3.85. The number of nitrogens with zero attached hydrogens (tertiary/aromatic N) is 3. The highest BCUT2D eigenvalue weighted by molar-refractivity contribution is 7.80. The van der Waals surface area contributed by atoms with Gasteiger partial charge in [0.25, 0.3) is 0 Å². The molecule has 5 heteroatoms. The molecule has 0 aromatic carbocycles. The molecule has 0 radical (unpaired) electrons. The van der Waals surface area contributed by atoms with Crippen LogP contribution in [-0.4, -0.2) is 28.0 Å². The van der Waals surface area contributed by atoms with Gasteiger partial charge in [-0.1, -0.05) is 25.6 Å². The summed E-state index contributed by atoms with van der Waals surface area (Å²) in [6.07, 6.45) is 3.93. The molecule has 1 rings (SSSR count). The maximum absolute atomic E-state index is 5.54. The van der Waals surface area contributed by atoms with Gasteiger partial charge < -0.3 is 10.6 Å². The van der Waals surface area contributed by atoms with Gasteiger partial charge >= 0.3 is 0 Å². The molecule has 1 aromatic heterocycles. The summed E-state index contributed by atoms with van der Waals surface area (Å²) in [5, 5.41) is 0. The Morgan fingerprint density at radius 2 is 2.31 bits per heavy atom. The summed E-state index contributed by atoms with van der Waals surface area (Å²) < 4.78 is 0. The number of hydrogen-bond acceptors (Lipinski definition) is 4. The van der Waals surface area contributed by atoms with Crippen LogP contribution in [-0.2, 0) is 0 Å². The molecule has 0 aliphatic heterocycles. The lowest BCUT2D eigenvalue weighted by atomic mass is 10.2. The highest BCUT2D eigenvalue weighted by Gasteiger charge is 2.12. The molecular weight excluding hydrogens is 220 g/mol. The molecule has 0 bridgehead atoms. The van der Waals surface area contributed by atoms with Crippen molar-refractivity contribution in [3.63, 3.8) is 0 Å². The van der Waals surface area contributed by atoms with Crippen LogP contribution in [0.15, 0.2) is 12.3 Å². The molecule has 0 aliphatic carbocycles. The SMILES string of the molecule is CCCC(C)N(C)c1nccc(C(N)=S)n1. The van der Waals surface area contributed by atoms with E-state index in [1.807, 2.05) is 11.9 Å². The second kappa shape index (κ2) is 5.75. The van der Waals surface area contributed by atoms with Gasteiger partial charge in [-0.15, -0.1) is 0 Å². The Bertz CT molecular complexity index is 367. The summed E-state index contributed by atoms with van der Waals surface area (Å²) in [7, 11) is 1.99. The van der Waals surface area contributed by atoms with Crippen molar-refractivity contribution in [2.75, 3.05) is 11.9 Å². The van der Waals surface area contributed by atoms with Crippen LogP contribution in [0.3, 0.4) is 0 Å². The highest BCUT2D eigenvalue weighted by Crippen LogP contribution is 2.12. The van der Waals surface area contributed by atoms with Crippen molar-refractivity contribution in [2.24, 2.45) is 5.73 Å². The van der Waals surface area contributed by atoms with E-state index in [4.69, 9.17) is 18.0 Å². The lowest BCUT2D eigenvalue weighted by molar-refractivity contribution is 0.605. The van der Waals surface area contributed by atoms with E-state index in [2.05, 4.69) is 23.8 Å². The van der Waals surface area contributed by atoms with E-state index in [0.717, 1.165) is 12.8 Å². The van der Waals surface area contributed by atoms with Crippen LogP contribution in [0.1, 0.15) is 32.4 Å². The lowest BCUT2D eigenvalue weighted by Crippen LogP contribution is -2.30. The third-order valence-corrected chi connectivity index (χ3v) is 2.79. The molecule has 1 heterocycles. The van der Waals surface area contributed by atoms with Gasteiger partial charge in [-0.25, -0.2) is 9.97 Å². The summed E-state index contributed by atoms with van der Waals surface area (Å²) in [6, 6.07) is 2.14. The molecule has 2 N–H and O–H groups in total. The summed E-state index contributed by atoms with van der Waals surface area (Å²) in [4.78, 5) is 10.9. The number of hydrogen-bond donors (Lipinski definition) is 1. The van der Waals surface area contributed by atoms with Crippen molar-refractivity contribution in [3.05, 3.63) is 18.0 Å². The molecule has 0 saturated carbocycles. The number of aromatic nitrogens is 2. The van der Waals surface area contributed by atoms with E-state index in [-0.39, 0.29) is 0 Å². The van der Waals surface area contributed by atoms with Crippen molar-refractivity contribution >= 4 is 23.2 Å². The van der Waals surface area contributed by atoms with Crippen LogP contribution in [0.25, 0.3) is 0 Å². The Balaban J connectivity index is 2.86. The Labute approximate surface area is 102 Å². The quantitative estimate of drug-likeness (QED) is 0.792. The van der Waals surface area contributed by atoms with Crippen molar-refractivity contribution in [2.45, 2.75) is 32.7 Å². The first kappa shape index (κ1) is 12.8. The lowest BCUT2D eigenvalue weighted by Gasteiger charge is -2.24. The molecule has 0 amide bonds. The molecule has 0 saturated heterocycles. The molecule has 88 valence electrons. The maximum Gasteiger partial charge on any atom is 0.225 e. The van der Waals surface area contributed by atoms with Gasteiger partial charge in [0.15, 0.2) is 0 Å². The third-order valence-electron chi connectivity index (χ3n) is 2.58. The first-order valence-electron chi connectivity index (χ1n) is 5.42. The van der Waals surface area contributed by atoms with Gasteiger partial charge in [0.1, 0.15) is 10.7 Å². The van der Waals surface area contributed by atoms with Crippen molar-refractivity contribution < 1.29 is 0 Å². The van der Waals surface area contributed by atoms with Crippen molar-refractivity contribution in [1.82, 2.24) is 9.97 Å². The molecule has 0 aliphatic rings. The van der Waals surface area contributed by atoms with Gasteiger partial charge in [0, 0.05) is 19.3 Å². The Kier molecular flexibility index (Phi) is 4.61. The first-order valence-corrected chi connectivity index (χ1v) is 5.82. The minimum atomic E-state index is 0.306. The van der Waals surface area contributed by atoms with E-state index in [9.17, 15) is 0 Å². The van der Waals surface area contributed by atoms with Crippen LogP contribution in [0, 0.1) is 0 Å². The average molecular weight is 238 g/mol. The summed E-state index contributed by atoms with van der Waals surface area (Å²) >= 11 is 4.89. The van der Waals surface area contributed by atoms with Gasteiger partial charge in [-0.05, 0) is 19.4 Å². The first-order chi connectivity index (χ1) is 7.56. The monoisotopic (exact) mass is 238 g/mol. The Hall–Kier alpha value is -1.23. The van der Waals surface area contributed by atoms with E-state index in [1.165, 1.54) is 0 Å². The van der Waals surface area contributed by atoms with Gasteiger partial charge in [-0.3, -0.25) is 0 Å². The third kappa shape index (κ3) is 3.13. The summed E-state index contributed by atoms with van der Waals surface area (Å²) in [5.74, 6) is 0.672. The number of rotatable bonds is 5. The number of thiocarbonyl (C=S) groups is 1. The fourth-order valence-corrected chi connectivity index (χ4v) is 1.58. The molecule has 1 unspecified atom stereocenters. The van der Waals surface area contributed by atoms with Gasteiger partial charge in [0.2, 0.25) is 5.95 Å². The zero-order chi connectivity index (χ0) is 12.1. The number of anilines is 1. The molecular formula is C11H18N4S. The van der Waals surface area contributed by atoms with E-state index < -0.39 is 0 Å². The smallest absolute Gasteiger partial charge is 0.225 e. The highest BCUT2D eigenvalue weighted by atomic mass is 32.1. The topological polar surface area (TPSA) is 55.0 Å². The Morgan fingerprint density at radius 1 is 1.62 bits per heavy atom. The van der Waals surface area contributed by atoms with Crippen LogP contribution >= 0.6 is 12.2 Å². The average Bonchev–Trinajstić information content (AvgIpc) is 2.28. The molecule has 0 fully saturated rings. The fraction of sp³-hybridized carbons (Fsp3) is 0.545. The van der Waals surface area contributed by atoms with Crippen molar-refractivity contribution in [1.29, 1.82) is 0 Å². The van der Waals surface area contributed by atoms with Crippen LogP contribution in [0.2, 0.25) is 0 Å². The van der Waals surface area contributed by atoms with Crippen LogP contribution in [0.4, 0.5) is 5.95 Å². The van der Waals surface area contributed by atoms with E-state index in [0.29, 0.717) is 22.7 Å². The standard InChI is InChI=1S/C11H18N4S/c1-4-5-8(2)15(3)11-13-7-6-9(14-11)10(12)16/h6-8H,4-5H2,1-3H3,(H2,12,16). The van der Waals surface area contributed by atoms with E-state index >= 15 is 0 Å². The number of nitrogens with two attached hydrogens (primary N) is 1. The molecule has 1 aromatic rings. The van der Waals surface area contributed by atoms with Gasteiger partial charge in [-0.2, -0.15) is 0 Å². The zero-order valence-corrected chi connectivity index (χ0v) is 10.8. The molecule has 16 heavy (non-hydrogen) atoms. The van der Waals surface area contributed by atoms with Gasteiger partial charge in [0.05, 0.1) is 0 Å². The largest absolute Gasteiger partial charge is 0.388 e. The minimum Gasteiger partial charge on any atom is -0.388 e. The fourth-order valence-electron chi connectivity index (χ4n) is 1.46. The van der Waals surface area contributed by atoms with Crippen LogP contribution in [0.5, 0.6) is 0 Å². The van der Waals surface area contributed by atoms with Crippen LogP contribution < -0.4 is 10.6 Å². The predicted molar refractivity (Wildman–Crippen MR) is 70.7 cm³/mol. The minimum absolute atomic E-state index is 0.306. The van der Waals surface area contributed by atoms with E-state index in [1.54, 1.807) is 12.3 Å². The molecule has 0 spiro atoms. The summed E-state index contributed by atoms with van der Waals surface area (Å²) in [5.41, 5.74) is 6.16. The molecule has 1 atom stereocenters. The summed E-state index contributed by atoms with van der Waals surface area (Å²) in [6.45, 7) is 4.32. The zero-order valence-electron chi connectivity index (χ0n) is 9.97. The normalized spacial score (nSPS) is 12.2. The predicted octanol–water partition coefficient (Wildman–Crippen LogP) is 1.74. The maximum atomic E-state index is 5.54. The van der Waals surface area contributed by atoms with Crippen molar-refractivity contribution in [3.8, 4) is 0 Å². The molecule has 4 nitrogen and oxygen atoms in total. The Morgan fingerprint density at radius 3 is 2.88 bits per heavy atom. The second-order valence-corrected chi connectivity index (χ2v) is 4.29.